The number of aromatic nitrogens is 2. The van der Waals surface area contributed by atoms with Gasteiger partial charge in [0.05, 0.1) is 19.3 Å². The molecule has 6 heteroatoms. The quantitative estimate of drug-likeness (QED) is 0.851. The van der Waals surface area contributed by atoms with Crippen molar-refractivity contribution in [3.05, 3.63) is 80.6 Å². The number of aromatic amines is 1. The number of benzene rings is 1. The van der Waals surface area contributed by atoms with Gasteiger partial charge in [-0.3, -0.25) is 14.3 Å². The highest BCUT2D eigenvalue weighted by Gasteiger charge is 2.21. The molecule has 0 fully saturated rings. The molecule has 1 aromatic heterocycles. The van der Waals surface area contributed by atoms with Crippen molar-refractivity contribution in [1.29, 1.82) is 0 Å². The molecule has 2 atom stereocenters. The van der Waals surface area contributed by atoms with Gasteiger partial charge >= 0.3 is 5.69 Å². The third kappa shape index (κ3) is 3.90. The van der Waals surface area contributed by atoms with Gasteiger partial charge in [0.15, 0.2) is 6.23 Å². The highest BCUT2D eigenvalue weighted by Crippen LogP contribution is 2.20. The fraction of sp³-hybridized carbons (Fsp3) is 0.333. The Morgan fingerprint density at radius 3 is 2.88 bits per heavy atom. The molecule has 6 nitrogen and oxygen atoms in total. The van der Waals surface area contributed by atoms with Crippen molar-refractivity contribution in [2.45, 2.75) is 32.3 Å². The normalized spacial score (nSPS) is 20.2. The van der Waals surface area contributed by atoms with Crippen molar-refractivity contribution in [3.8, 4) is 0 Å². The number of nitrogens with one attached hydrogen (secondary N) is 1. The second kappa shape index (κ2) is 7.42. The molecule has 0 spiro atoms. The molecule has 0 radical (unpaired) electrons. The molecular formula is C18H20N2O4. The molecule has 1 aromatic carbocycles. The molecule has 126 valence electrons. The molecular weight excluding hydrogens is 308 g/mol. The van der Waals surface area contributed by atoms with Crippen molar-refractivity contribution >= 4 is 0 Å². The lowest BCUT2D eigenvalue weighted by Gasteiger charge is -2.27. The molecule has 2 heterocycles. The zero-order valence-corrected chi connectivity index (χ0v) is 13.5. The lowest BCUT2D eigenvalue weighted by molar-refractivity contribution is -0.0765. The van der Waals surface area contributed by atoms with E-state index in [-0.39, 0.29) is 11.7 Å². The van der Waals surface area contributed by atoms with Gasteiger partial charge in [0, 0.05) is 11.8 Å². The molecule has 1 aliphatic heterocycles. The van der Waals surface area contributed by atoms with Gasteiger partial charge in [-0.25, -0.2) is 4.79 Å². The van der Waals surface area contributed by atoms with Crippen LogP contribution >= 0.6 is 0 Å². The molecule has 24 heavy (non-hydrogen) atoms. The molecule has 2 aromatic rings. The first-order valence-electron chi connectivity index (χ1n) is 7.89. The van der Waals surface area contributed by atoms with Gasteiger partial charge in [-0.05, 0) is 25.0 Å². The average molecular weight is 328 g/mol. The first-order valence-corrected chi connectivity index (χ1v) is 7.89. The molecule has 1 aliphatic rings. The second-order valence-corrected chi connectivity index (χ2v) is 5.79. The Hall–Kier alpha value is -2.44. The predicted octanol–water partition coefficient (Wildman–Crippen LogP) is 1.91. The lowest BCUT2D eigenvalue weighted by atomic mass is 10.2. The summed E-state index contributed by atoms with van der Waals surface area (Å²) in [7, 11) is 0. The van der Waals surface area contributed by atoms with Crippen molar-refractivity contribution in [3.63, 3.8) is 0 Å². The summed E-state index contributed by atoms with van der Waals surface area (Å²) < 4.78 is 13.0. The largest absolute Gasteiger partial charge is 0.374 e. The maximum atomic E-state index is 12.0. The highest BCUT2D eigenvalue weighted by molar-refractivity contribution is 5.13. The molecule has 0 saturated carbocycles. The van der Waals surface area contributed by atoms with E-state index >= 15 is 0 Å². The van der Waals surface area contributed by atoms with Crippen LogP contribution in [0.5, 0.6) is 0 Å². The van der Waals surface area contributed by atoms with Crippen molar-refractivity contribution in [2.24, 2.45) is 0 Å². The smallest absolute Gasteiger partial charge is 0.330 e. The summed E-state index contributed by atoms with van der Waals surface area (Å²) in [5, 5.41) is 0. The monoisotopic (exact) mass is 328 g/mol. The molecule has 3 rings (SSSR count). The van der Waals surface area contributed by atoms with Gasteiger partial charge in [0.2, 0.25) is 0 Å². The Bertz CT molecular complexity index is 823. The Kier molecular flexibility index (Phi) is 5.08. The minimum Gasteiger partial charge on any atom is -0.374 e. The molecule has 0 amide bonds. The first-order chi connectivity index (χ1) is 11.6. The number of hydrogen-bond donors (Lipinski definition) is 1. The summed E-state index contributed by atoms with van der Waals surface area (Å²) in [6, 6.07) is 9.92. The summed E-state index contributed by atoms with van der Waals surface area (Å²) in [6.07, 6.45) is 5.35. The Morgan fingerprint density at radius 2 is 2.08 bits per heavy atom. The zero-order chi connectivity index (χ0) is 16.9. The van der Waals surface area contributed by atoms with Crippen LogP contribution in [0.3, 0.4) is 0 Å². The number of hydrogen-bond acceptors (Lipinski definition) is 4. The van der Waals surface area contributed by atoms with E-state index in [1.807, 2.05) is 42.5 Å². The van der Waals surface area contributed by atoms with Crippen molar-refractivity contribution < 1.29 is 9.47 Å². The Morgan fingerprint density at radius 1 is 1.29 bits per heavy atom. The first kappa shape index (κ1) is 16.4. The Labute approximate surface area is 139 Å². The molecule has 0 aliphatic carbocycles. The second-order valence-electron chi connectivity index (χ2n) is 5.79. The molecule has 0 unspecified atom stereocenters. The van der Waals surface area contributed by atoms with Gasteiger partial charge in [-0.2, -0.15) is 0 Å². The van der Waals surface area contributed by atoms with E-state index in [4.69, 9.17) is 9.47 Å². The van der Waals surface area contributed by atoms with E-state index < -0.39 is 11.9 Å². The standard InChI is InChI=1S/C18H20N2O4/c1-13-10-20(18(22)19-17(13)21)16-9-5-8-15(24-16)12-23-11-14-6-3-2-4-7-14/h2-7,9-10,15-16H,8,11-12H2,1H3,(H,19,21,22)/t15-,16+/m0/s1. The Balaban J connectivity index is 1.61. The van der Waals surface area contributed by atoms with Gasteiger partial charge in [0.25, 0.3) is 5.56 Å². The minimum atomic E-state index is -0.535. The highest BCUT2D eigenvalue weighted by atomic mass is 16.5. The van der Waals surface area contributed by atoms with Crippen LogP contribution in [0.15, 0.2) is 58.3 Å². The van der Waals surface area contributed by atoms with E-state index in [1.54, 1.807) is 6.92 Å². The third-order valence-corrected chi connectivity index (χ3v) is 3.87. The van der Waals surface area contributed by atoms with Crippen LogP contribution in [-0.4, -0.2) is 22.3 Å². The van der Waals surface area contributed by atoms with E-state index in [0.717, 1.165) is 12.0 Å². The summed E-state index contributed by atoms with van der Waals surface area (Å²) in [6.45, 7) is 2.61. The topological polar surface area (TPSA) is 73.3 Å². The summed E-state index contributed by atoms with van der Waals surface area (Å²) in [5.41, 5.74) is 0.715. The van der Waals surface area contributed by atoms with Gasteiger partial charge in [-0.15, -0.1) is 0 Å². The SMILES string of the molecule is Cc1cn([C@H]2C=CC[C@@H](COCc3ccccc3)O2)c(=O)[nH]c1=O. The molecule has 0 bridgehead atoms. The van der Waals surface area contributed by atoms with Crippen LogP contribution in [0.4, 0.5) is 0 Å². The van der Waals surface area contributed by atoms with E-state index in [2.05, 4.69) is 4.98 Å². The summed E-state index contributed by atoms with van der Waals surface area (Å²) >= 11 is 0. The minimum absolute atomic E-state index is 0.136. The fourth-order valence-corrected chi connectivity index (χ4v) is 2.57. The van der Waals surface area contributed by atoms with E-state index in [1.165, 1.54) is 10.8 Å². The fourth-order valence-electron chi connectivity index (χ4n) is 2.57. The van der Waals surface area contributed by atoms with Crippen LogP contribution in [0.1, 0.15) is 23.8 Å². The average Bonchev–Trinajstić information content (AvgIpc) is 2.59. The number of H-pyrrole nitrogens is 1. The summed E-state index contributed by atoms with van der Waals surface area (Å²) in [4.78, 5) is 25.7. The van der Waals surface area contributed by atoms with Crippen molar-refractivity contribution in [2.75, 3.05) is 6.61 Å². The van der Waals surface area contributed by atoms with Gasteiger partial charge < -0.3 is 9.47 Å². The summed E-state index contributed by atoms with van der Waals surface area (Å²) in [5.74, 6) is 0. The van der Waals surface area contributed by atoms with E-state index in [0.29, 0.717) is 18.8 Å². The van der Waals surface area contributed by atoms with Crippen LogP contribution in [0.25, 0.3) is 0 Å². The van der Waals surface area contributed by atoms with Crippen LogP contribution in [-0.2, 0) is 16.1 Å². The van der Waals surface area contributed by atoms with Crippen molar-refractivity contribution in [1.82, 2.24) is 9.55 Å². The van der Waals surface area contributed by atoms with Crippen LogP contribution in [0, 0.1) is 6.92 Å². The molecule has 0 saturated heterocycles. The number of aryl methyl sites for hydroxylation is 1. The third-order valence-electron chi connectivity index (χ3n) is 3.87. The lowest BCUT2D eigenvalue weighted by Crippen LogP contribution is -2.36. The zero-order valence-electron chi connectivity index (χ0n) is 13.5. The maximum absolute atomic E-state index is 12.0. The number of nitrogens with zero attached hydrogens (tertiary/aromatic N) is 1. The number of ether oxygens (including phenoxy) is 2. The van der Waals surface area contributed by atoms with Gasteiger partial charge in [0.1, 0.15) is 0 Å². The number of rotatable bonds is 5. The van der Waals surface area contributed by atoms with Crippen LogP contribution < -0.4 is 11.2 Å². The van der Waals surface area contributed by atoms with E-state index in [9.17, 15) is 9.59 Å². The molecule has 1 N–H and O–H groups in total. The van der Waals surface area contributed by atoms with Crippen LogP contribution in [0.2, 0.25) is 0 Å². The van der Waals surface area contributed by atoms with Gasteiger partial charge in [-0.1, -0.05) is 36.4 Å². The maximum Gasteiger partial charge on any atom is 0.330 e. The predicted molar refractivity (Wildman–Crippen MR) is 89.8 cm³/mol.